The lowest BCUT2D eigenvalue weighted by atomic mass is 10.5. The molecule has 0 aliphatic carbocycles. The van der Waals surface area contributed by atoms with E-state index in [1.807, 2.05) is 19.0 Å². The fourth-order valence-corrected chi connectivity index (χ4v) is 0.947. The number of nitrogens with zero attached hydrogens (tertiary/aromatic N) is 2. The zero-order valence-electron chi connectivity index (χ0n) is 7.83. The highest BCUT2D eigenvalue weighted by Gasteiger charge is 1.96. The summed E-state index contributed by atoms with van der Waals surface area (Å²) < 4.78 is 5.36. The maximum Gasteiger partial charge on any atom is 0.214 e. The summed E-state index contributed by atoms with van der Waals surface area (Å²) in [5, 5.41) is 0.648. The van der Waals surface area contributed by atoms with Gasteiger partial charge in [-0.05, 0) is 20.2 Å². The topological polar surface area (TPSA) is 25.4 Å². The van der Waals surface area contributed by atoms with Gasteiger partial charge in [-0.25, -0.2) is 4.98 Å². The quantitative estimate of drug-likeness (QED) is 0.740. The third-order valence-electron chi connectivity index (χ3n) is 1.49. The Labute approximate surface area is 83.3 Å². The van der Waals surface area contributed by atoms with Crippen LogP contribution in [-0.4, -0.2) is 37.1 Å². The molecule has 1 heterocycles. The molecule has 0 aromatic carbocycles. The highest BCUT2D eigenvalue weighted by molar-refractivity contribution is 6.30. The van der Waals surface area contributed by atoms with Crippen LogP contribution in [0.4, 0.5) is 0 Å². The summed E-state index contributed by atoms with van der Waals surface area (Å²) in [6.45, 7) is 1.49. The Morgan fingerprint density at radius 1 is 1.54 bits per heavy atom. The van der Waals surface area contributed by atoms with Crippen molar-refractivity contribution in [1.29, 1.82) is 0 Å². The minimum atomic E-state index is 0.578. The second-order valence-corrected chi connectivity index (χ2v) is 3.40. The number of pyridine rings is 1. The normalized spacial score (nSPS) is 10.5. The SMILES string of the molecule is CN(C)CCOc1cc(Cl)ccn1. The first-order chi connectivity index (χ1) is 6.18. The Balaban J connectivity index is 2.37. The highest BCUT2D eigenvalue weighted by atomic mass is 35.5. The van der Waals surface area contributed by atoms with Crippen LogP contribution in [0.15, 0.2) is 18.3 Å². The summed E-state index contributed by atoms with van der Waals surface area (Å²) >= 11 is 5.76. The molecule has 3 nitrogen and oxygen atoms in total. The van der Waals surface area contributed by atoms with E-state index in [9.17, 15) is 0 Å². The molecule has 0 bridgehead atoms. The molecule has 0 aliphatic heterocycles. The van der Waals surface area contributed by atoms with E-state index in [1.165, 1.54) is 0 Å². The fourth-order valence-electron chi connectivity index (χ4n) is 0.797. The van der Waals surface area contributed by atoms with E-state index in [1.54, 1.807) is 18.3 Å². The number of rotatable bonds is 4. The average molecular weight is 201 g/mol. The van der Waals surface area contributed by atoms with Crippen molar-refractivity contribution in [1.82, 2.24) is 9.88 Å². The van der Waals surface area contributed by atoms with Crippen molar-refractivity contribution in [2.75, 3.05) is 27.2 Å². The Bertz CT molecular complexity index is 266. The first-order valence-electron chi connectivity index (χ1n) is 4.07. The second-order valence-electron chi connectivity index (χ2n) is 2.96. The predicted octanol–water partition coefficient (Wildman–Crippen LogP) is 1.68. The highest BCUT2D eigenvalue weighted by Crippen LogP contribution is 2.13. The second kappa shape index (κ2) is 5.04. The fraction of sp³-hybridized carbons (Fsp3) is 0.444. The number of halogens is 1. The van der Waals surface area contributed by atoms with Gasteiger partial charge in [0.25, 0.3) is 0 Å². The molecule has 72 valence electrons. The Hall–Kier alpha value is -0.800. The van der Waals surface area contributed by atoms with Crippen molar-refractivity contribution < 1.29 is 4.74 Å². The Kier molecular flexibility index (Phi) is 3.99. The molecule has 0 aliphatic rings. The Morgan fingerprint density at radius 3 is 2.92 bits per heavy atom. The molecular weight excluding hydrogens is 188 g/mol. The average Bonchev–Trinajstić information content (AvgIpc) is 2.03. The summed E-state index contributed by atoms with van der Waals surface area (Å²) in [7, 11) is 3.99. The smallest absolute Gasteiger partial charge is 0.214 e. The van der Waals surface area contributed by atoms with Gasteiger partial charge in [0.1, 0.15) is 6.61 Å². The maximum absolute atomic E-state index is 5.76. The van der Waals surface area contributed by atoms with Gasteiger partial charge in [0, 0.05) is 23.8 Å². The van der Waals surface area contributed by atoms with Crippen LogP contribution in [0.3, 0.4) is 0 Å². The van der Waals surface area contributed by atoms with E-state index in [2.05, 4.69) is 4.98 Å². The van der Waals surface area contributed by atoms with Gasteiger partial charge in [-0.2, -0.15) is 0 Å². The van der Waals surface area contributed by atoms with E-state index in [0.717, 1.165) is 6.54 Å². The van der Waals surface area contributed by atoms with Crippen molar-refractivity contribution in [3.05, 3.63) is 23.4 Å². The molecule has 0 saturated carbocycles. The van der Waals surface area contributed by atoms with Crippen molar-refractivity contribution in [3.8, 4) is 5.88 Å². The molecule has 0 atom stereocenters. The molecule has 0 fully saturated rings. The van der Waals surface area contributed by atoms with Gasteiger partial charge in [-0.3, -0.25) is 0 Å². The summed E-state index contributed by atoms with van der Waals surface area (Å²) in [5.41, 5.74) is 0. The number of likely N-dealkylation sites (N-methyl/N-ethyl adjacent to an activating group) is 1. The number of hydrogen-bond acceptors (Lipinski definition) is 3. The summed E-state index contributed by atoms with van der Waals surface area (Å²) in [6.07, 6.45) is 1.63. The van der Waals surface area contributed by atoms with Crippen LogP contribution in [-0.2, 0) is 0 Å². The van der Waals surface area contributed by atoms with Crippen LogP contribution in [0.5, 0.6) is 5.88 Å². The standard InChI is InChI=1S/C9H13ClN2O/c1-12(2)5-6-13-9-7-8(10)3-4-11-9/h3-4,7H,5-6H2,1-2H3. The number of aromatic nitrogens is 1. The van der Waals surface area contributed by atoms with Gasteiger partial charge < -0.3 is 9.64 Å². The van der Waals surface area contributed by atoms with Crippen molar-refractivity contribution in [2.45, 2.75) is 0 Å². The molecular formula is C9H13ClN2O. The van der Waals surface area contributed by atoms with Crippen LogP contribution >= 0.6 is 11.6 Å². The molecule has 0 spiro atoms. The molecule has 0 radical (unpaired) electrons. The van der Waals surface area contributed by atoms with E-state index >= 15 is 0 Å². The van der Waals surface area contributed by atoms with Crippen LogP contribution in [0.25, 0.3) is 0 Å². The zero-order chi connectivity index (χ0) is 9.68. The minimum absolute atomic E-state index is 0.578. The number of hydrogen-bond donors (Lipinski definition) is 0. The van der Waals surface area contributed by atoms with Gasteiger partial charge in [-0.1, -0.05) is 11.6 Å². The molecule has 0 amide bonds. The third-order valence-corrected chi connectivity index (χ3v) is 1.72. The van der Waals surface area contributed by atoms with Crippen LogP contribution in [0.2, 0.25) is 5.02 Å². The van der Waals surface area contributed by atoms with Crippen LogP contribution in [0, 0.1) is 0 Å². The third kappa shape index (κ3) is 4.10. The molecule has 4 heteroatoms. The lowest BCUT2D eigenvalue weighted by Gasteiger charge is -2.09. The number of ether oxygens (including phenoxy) is 1. The van der Waals surface area contributed by atoms with E-state index < -0.39 is 0 Å². The lowest BCUT2D eigenvalue weighted by molar-refractivity contribution is 0.254. The van der Waals surface area contributed by atoms with Gasteiger partial charge in [0.2, 0.25) is 5.88 Å². The lowest BCUT2D eigenvalue weighted by Crippen LogP contribution is -2.19. The molecule has 0 unspecified atom stereocenters. The molecule has 1 rings (SSSR count). The first-order valence-corrected chi connectivity index (χ1v) is 4.45. The van der Waals surface area contributed by atoms with Crippen LogP contribution in [0.1, 0.15) is 0 Å². The van der Waals surface area contributed by atoms with Crippen molar-refractivity contribution in [3.63, 3.8) is 0 Å². The van der Waals surface area contributed by atoms with E-state index in [0.29, 0.717) is 17.5 Å². The van der Waals surface area contributed by atoms with Crippen molar-refractivity contribution >= 4 is 11.6 Å². The monoisotopic (exact) mass is 200 g/mol. The molecule has 1 aromatic heterocycles. The first kappa shape index (κ1) is 10.3. The maximum atomic E-state index is 5.76. The van der Waals surface area contributed by atoms with Gasteiger partial charge in [-0.15, -0.1) is 0 Å². The van der Waals surface area contributed by atoms with Crippen molar-refractivity contribution in [2.24, 2.45) is 0 Å². The zero-order valence-corrected chi connectivity index (χ0v) is 8.58. The van der Waals surface area contributed by atoms with Gasteiger partial charge in [0.15, 0.2) is 0 Å². The van der Waals surface area contributed by atoms with Crippen LogP contribution < -0.4 is 4.74 Å². The molecule has 13 heavy (non-hydrogen) atoms. The van der Waals surface area contributed by atoms with Gasteiger partial charge >= 0.3 is 0 Å². The Morgan fingerprint density at radius 2 is 2.31 bits per heavy atom. The summed E-state index contributed by atoms with van der Waals surface area (Å²) in [6, 6.07) is 3.43. The summed E-state index contributed by atoms with van der Waals surface area (Å²) in [5.74, 6) is 0.578. The molecule has 1 aromatic rings. The largest absolute Gasteiger partial charge is 0.476 e. The van der Waals surface area contributed by atoms with E-state index in [-0.39, 0.29) is 0 Å². The predicted molar refractivity (Wildman–Crippen MR) is 53.3 cm³/mol. The van der Waals surface area contributed by atoms with E-state index in [4.69, 9.17) is 16.3 Å². The minimum Gasteiger partial charge on any atom is -0.476 e. The molecule has 0 N–H and O–H groups in total. The molecule has 0 saturated heterocycles. The van der Waals surface area contributed by atoms with Gasteiger partial charge in [0.05, 0.1) is 0 Å². The summed E-state index contributed by atoms with van der Waals surface area (Å²) in [4.78, 5) is 6.06.